The van der Waals surface area contributed by atoms with Crippen molar-refractivity contribution in [2.75, 3.05) is 21.3 Å². The van der Waals surface area contributed by atoms with Gasteiger partial charge in [0, 0.05) is 11.6 Å². The van der Waals surface area contributed by atoms with Crippen molar-refractivity contribution in [3.63, 3.8) is 0 Å². The predicted octanol–water partition coefficient (Wildman–Crippen LogP) is 1.86. The molecule has 18 heavy (non-hydrogen) atoms. The highest BCUT2D eigenvalue weighted by Crippen LogP contribution is 2.33. The van der Waals surface area contributed by atoms with Gasteiger partial charge in [0.25, 0.3) is 0 Å². The maximum atomic E-state index is 5.41. The zero-order valence-corrected chi connectivity index (χ0v) is 11.3. The van der Waals surface area contributed by atoms with Crippen LogP contribution >= 0.6 is 11.5 Å². The third-order valence-corrected chi connectivity index (χ3v) is 3.43. The SMILES string of the molecule is CNC(c1cnns1)c1ccc(OC)cc1OC. The van der Waals surface area contributed by atoms with Crippen LogP contribution in [-0.2, 0) is 0 Å². The quantitative estimate of drug-likeness (QED) is 0.894. The molecule has 0 aliphatic heterocycles. The molecule has 6 heteroatoms. The molecule has 0 radical (unpaired) electrons. The smallest absolute Gasteiger partial charge is 0.127 e. The molecule has 1 unspecified atom stereocenters. The number of hydrogen-bond acceptors (Lipinski definition) is 6. The summed E-state index contributed by atoms with van der Waals surface area (Å²) in [5, 5.41) is 7.11. The number of rotatable bonds is 5. The van der Waals surface area contributed by atoms with Crippen LogP contribution in [0.2, 0.25) is 0 Å². The lowest BCUT2D eigenvalue weighted by atomic mass is 10.0. The highest BCUT2D eigenvalue weighted by atomic mass is 32.1. The van der Waals surface area contributed by atoms with Gasteiger partial charge in [-0.2, -0.15) is 0 Å². The first kappa shape index (κ1) is 12.8. The fourth-order valence-electron chi connectivity index (χ4n) is 1.81. The van der Waals surface area contributed by atoms with Crippen molar-refractivity contribution in [2.24, 2.45) is 0 Å². The Morgan fingerprint density at radius 3 is 2.67 bits per heavy atom. The van der Waals surface area contributed by atoms with E-state index in [4.69, 9.17) is 9.47 Å². The van der Waals surface area contributed by atoms with Crippen LogP contribution in [0.4, 0.5) is 0 Å². The Balaban J connectivity index is 2.42. The number of methoxy groups -OCH3 is 2. The largest absolute Gasteiger partial charge is 0.497 e. The summed E-state index contributed by atoms with van der Waals surface area (Å²) in [5.41, 5.74) is 1.03. The van der Waals surface area contributed by atoms with E-state index in [9.17, 15) is 0 Å². The molecule has 0 bridgehead atoms. The molecule has 2 rings (SSSR count). The molecule has 2 aromatic rings. The first-order chi connectivity index (χ1) is 8.80. The average molecular weight is 265 g/mol. The van der Waals surface area contributed by atoms with Gasteiger partial charge < -0.3 is 14.8 Å². The summed E-state index contributed by atoms with van der Waals surface area (Å²) in [6, 6.07) is 5.79. The van der Waals surface area contributed by atoms with Crippen LogP contribution in [0.1, 0.15) is 16.5 Å². The molecule has 5 nitrogen and oxygen atoms in total. The molecule has 1 heterocycles. The zero-order valence-electron chi connectivity index (χ0n) is 10.5. The Kier molecular flexibility index (Phi) is 4.11. The first-order valence-corrected chi connectivity index (χ1v) is 6.24. The van der Waals surface area contributed by atoms with Crippen molar-refractivity contribution in [3.05, 3.63) is 34.8 Å². The highest BCUT2D eigenvalue weighted by molar-refractivity contribution is 7.05. The number of aromatic nitrogens is 2. The summed E-state index contributed by atoms with van der Waals surface area (Å²) in [7, 11) is 5.18. The lowest BCUT2D eigenvalue weighted by Crippen LogP contribution is -2.17. The van der Waals surface area contributed by atoms with Gasteiger partial charge in [-0.1, -0.05) is 4.49 Å². The third kappa shape index (κ3) is 2.44. The normalized spacial score (nSPS) is 12.2. The van der Waals surface area contributed by atoms with Gasteiger partial charge in [0.1, 0.15) is 11.5 Å². The summed E-state index contributed by atoms with van der Waals surface area (Å²) in [5.74, 6) is 1.55. The van der Waals surface area contributed by atoms with Crippen LogP contribution in [-0.4, -0.2) is 30.9 Å². The highest BCUT2D eigenvalue weighted by Gasteiger charge is 2.19. The maximum Gasteiger partial charge on any atom is 0.127 e. The monoisotopic (exact) mass is 265 g/mol. The van der Waals surface area contributed by atoms with E-state index in [0.29, 0.717) is 0 Å². The minimum Gasteiger partial charge on any atom is -0.497 e. The number of nitrogens with zero attached hydrogens (tertiary/aromatic N) is 2. The van der Waals surface area contributed by atoms with Gasteiger partial charge in [-0.25, -0.2) is 0 Å². The number of benzene rings is 1. The molecule has 96 valence electrons. The van der Waals surface area contributed by atoms with Crippen molar-refractivity contribution in [3.8, 4) is 11.5 Å². The van der Waals surface area contributed by atoms with Gasteiger partial charge in [-0.05, 0) is 30.7 Å². The van der Waals surface area contributed by atoms with Crippen LogP contribution in [0.25, 0.3) is 0 Å². The van der Waals surface area contributed by atoms with Crippen LogP contribution in [0.3, 0.4) is 0 Å². The predicted molar refractivity (Wildman–Crippen MR) is 70.4 cm³/mol. The Hall–Kier alpha value is -1.66. The first-order valence-electron chi connectivity index (χ1n) is 5.46. The molecule has 0 saturated carbocycles. The summed E-state index contributed by atoms with van der Waals surface area (Å²) in [4.78, 5) is 1.04. The Labute approximate surface area is 110 Å². The van der Waals surface area contributed by atoms with Crippen molar-refractivity contribution < 1.29 is 9.47 Å². The summed E-state index contributed by atoms with van der Waals surface area (Å²) >= 11 is 1.37. The van der Waals surface area contributed by atoms with Crippen molar-refractivity contribution in [1.29, 1.82) is 0 Å². The maximum absolute atomic E-state index is 5.41. The van der Waals surface area contributed by atoms with Crippen molar-refractivity contribution in [2.45, 2.75) is 6.04 Å². The van der Waals surface area contributed by atoms with E-state index in [1.807, 2.05) is 25.2 Å². The summed E-state index contributed by atoms with van der Waals surface area (Å²) < 4.78 is 14.5. The molecule has 0 spiro atoms. The second-order valence-electron chi connectivity index (χ2n) is 3.65. The molecular formula is C12H15N3O2S. The van der Waals surface area contributed by atoms with Gasteiger partial charge in [0.2, 0.25) is 0 Å². The van der Waals surface area contributed by atoms with Crippen LogP contribution < -0.4 is 14.8 Å². The molecule has 0 saturated heterocycles. The molecule has 0 fully saturated rings. The van der Waals surface area contributed by atoms with Crippen LogP contribution in [0.5, 0.6) is 11.5 Å². The van der Waals surface area contributed by atoms with E-state index >= 15 is 0 Å². The minimum absolute atomic E-state index is 0.0193. The Morgan fingerprint density at radius 2 is 2.11 bits per heavy atom. The minimum atomic E-state index is 0.0193. The Bertz CT molecular complexity index is 502. The van der Waals surface area contributed by atoms with Gasteiger partial charge >= 0.3 is 0 Å². The fraction of sp³-hybridized carbons (Fsp3) is 0.333. The lowest BCUT2D eigenvalue weighted by Gasteiger charge is -2.18. The zero-order chi connectivity index (χ0) is 13.0. The van der Waals surface area contributed by atoms with E-state index < -0.39 is 0 Å². The number of hydrogen-bond donors (Lipinski definition) is 1. The second-order valence-corrected chi connectivity index (χ2v) is 4.47. The van der Waals surface area contributed by atoms with E-state index in [1.54, 1.807) is 20.4 Å². The van der Waals surface area contributed by atoms with E-state index in [1.165, 1.54) is 11.5 Å². The van der Waals surface area contributed by atoms with Crippen molar-refractivity contribution >= 4 is 11.5 Å². The molecule has 1 aromatic carbocycles. The van der Waals surface area contributed by atoms with E-state index in [0.717, 1.165) is 21.9 Å². The van der Waals surface area contributed by atoms with Gasteiger partial charge in [0.05, 0.1) is 31.3 Å². The summed E-state index contributed by atoms with van der Waals surface area (Å²) in [6.45, 7) is 0. The average Bonchev–Trinajstić information content (AvgIpc) is 2.94. The Morgan fingerprint density at radius 1 is 1.28 bits per heavy atom. The lowest BCUT2D eigenvalue weighted by molar-refractivity contribution is 0.388. The van der Waals surface area contributed by atoms with Crippen LogP contribution in [0.15, 0.2) is 24.4 Å². The van der Waals surface area contributed by atoms with Gasteiger partial charge in [-0.3, -0.25) is 0 Å². The molecular weight excluding hydrogens is 250 g/mol. The van der Waals surface area contributed by atoms with Crippen LogP contribution in [0, 0.1) is 0 Å². The van der Waals surface area contributed by atoms with Crippen molar-refractivity contribution in [1.82, 2.24) is 14.9 Å². The molecule has 0 amide bonds. The number of ether oxygens (including phenoxy) is 2. The standard InChI is InChI=1S/C12H15N3O2S/c1-13-12(11-7-14-15-18-11)9-5-4-8(16-2)6-10(9)17-3/h4-7,12-13H,1-3H3. The van der Waals surface area contributed by atoms with E-state index in [-0.39, 0.29) is 6.04 Å². The third-order valence-electron chi connectivity index (χ3n) is 2.70. The molecule has 0 aliphatic carbocycles. The van der Waals surface area contributed by atoms with Gasteiger partial charge in [-0.15, -0.1) is 5.10 Å². The van der Waals surface area contributed by atoms with E-state index in [2.05, 4.69) is 14.9 Å². The summed E-state index contributed by atoms with van der Waals surface area (Å²) in [6.07, 6.45) is 1.76. The topological polar surface area (TPSA) is 56.3 Å². The molecule has 1 N–H and O–H groups in total. The molecule has 1 atom stereocenters. The molecule has 1 aromatic heterocycles. The molecule has 0 aliphatic rings. The number of nitrogens with one attached hydrogen (secondary N) is 1. The second kappa shape index (κ2) is 5.79. The fourth-order valence-corrected chi connectivity index (χ4v) is 2.44. The van der Waals surface area contributed by atoms with Gasteiger partial charge in [0.15, 0.2) is 0 Å².